The Hall–Kier alpha value is -0.370. The van der Waals surface area contributed by atoms with Crippen LogP contribution in [0.4, 0.5) is 0 Å². The molecule has 1 aromatic carbocycles. The van der Waals surface area contributed by atoms with Crippen LogP contribution in [0.15, 0.2) is 28.7 Å². The molecule has 21 heavy (non-hydrogen) atoms. The summed E-state index contributed by atoms with van der Waals surface area (Å²) in [5, 5.41) is -0.466. The van der Waals surface area contributed by atoms with Crippen molar-refractivity contribution in [2.75, 3.05) is 30.9 Å². The van der Waals surface area contributed by atoms with E-state index in [9.17, 15) is 13.2 Å². The van der Waals surface area contributed by atoms with E-state index >= 15 is 0 Å². The van der Waals surface area contributed by atoms with Crippen LogP contribution in [0.2, 0.25) is 0 Å². The van der Waals surface area contributed by atoms with Crippen molar-refractivity contribution in [1.29, 1.82) is 0 Å². The quantitative estimate of drug-likeness (QED) is 0.721. The molecule has 1 aromatic rings. The number of hydrogen-bond donors (Lipinski definition) is 0. The maximum absolute atomic E-state index is 12.2. The molecule has 2 rings (SSSR count). The Morgan fingerprint density at radius 3 is 2.90 bits per heavy atom. The van der Waals surface area contributed by atoms with Crippen molar-refractivity contribution >= 4 is 43.3 Å². The van der Waals surface area contributed by atoms with Gasteiger partial charge in [0.25, 0.3) is 0 Å². The highest BCUT2D eigenvalue weighted by atomic mass is 79.9. The van der Waals surface area contributed by atoms with Crippen LogP contribution >= 0.6 is 27.7 Å². The Bertz CT molecular complexity index is 618. The second kappa shape index (κ2) is 7.26. The molecule has 1 saturated heterocycles. The first kappa shape index (κ1) is 17.0. The van der Waals surface area contributed by atoms with Gasteiger partial charge in [-0.2, -0.15) is 11.8 Å². The van der Waals surface area contributed by atoms with Gasteiger partial charge in [0.2, 0.25) is 0 Å². The van der Waals surface area contributed by atoms with Crippen molar-refractivity contribution in [3.63, 3.8) is 0 Å². The predicted molar refractivity (Wildman–Crippen MR) is 90.6 cm³/mol. The number of halogens is 1. The lowest BCUT2D eigenvalue weighted by Crippen LogP contribution is -2.47. The number of hydrogen-bond acceptors (Lipinski definition) is 5. The molecular formula is C14H18BrNO3S2. The Morgan fingerprint density at radius 1 is 1.48 bits per heavy atom. The van der Waals surface area contributed by atoms with Crippen molar-refractivity contribution in [3.8, 4) is 0 Å². The van der Waals surface area contributed by atoms with Crippen LogP contribution in [-0.4, -0.2) is 55.3 Å². The van der Waals surface area contributed by atoms with Crippen molar-refractivity contribution in [2.45, 2.75) is 11.8 Å². The Kier molecular flexibility index (Phi) is 5.88. The number of thioether (sulfide) groups is 1. The maximum atomic E-state index is 12.2. The number of rotatable bonds is 5. The molecule has 1 aliphatic rings. The smallest absolute Gasteiger partial charge is 0.164 e. The number of benzene rings is 1. The summed E-state index contributed by atoms with van der Waals surface area (Å²) in [6, 6.07) is 7.28. The number of sulfone groups is 1. The fourth-order valence-electron chi connectivity index (χ4n) is 2.32. The lowest BCUT2D eigenvalue weighted by Gasteiger charge is -2.33. The van der Waals surface area contributed by atoms with E-state index in [1.807, 2.05) is 17.0 Å². The maximum Gasteiger partial charge on any atom is 0.164 e. The van der Waals surface area contributed by atoms with E-state index < -0.39 is 15.2 Å². The first-order valence-electron chi connectivity index (χ1n) is 6.67. The zero-order chi connectivity index (χ0) is 15.5. The monoisotopic (exact) mass is 391 g/mol. The van der Waals surface area contributed by atoms with E-state index in [4.69, 9.17) is 0 Å². The summed E-state index contributed by atoms with van der Waals surface area (Å²) in [4.78, 5) is 14.1. The van der Waals surface area contributed by atoms with Gasteiger partial charge in [-0.15, -0.1) is 0 Å². The van der Waals surface area contributed by atoms with Crippen molar-refractivity contribution < 1.29 is 13.2 Å². The van der Waals surface area contributed by atoms with Crippen LogP contribution in [0, 0.1) is 0 Å². The second-order valence-electron chi connectivity index (χ2n) is 5.08. The van der Waals surface area contributed by atoms with Crippen molar-refractivity contribution in [1.82, 2.24) is 4.90 Å². The molecule has 0 radical (unpaired) electrons. The molecule has 1 fully saturated rings. The molecular weight excluding hydrogens is 374 g/mol. The molecule has 0 saturated carbocycles. The van der Waals surface area contributed by atoms with E-state index in [0.717, 1.165) is 10.2 Å². The van der Waals surface area contributed by atoms with Gasteiger partial charge in [-0.3, -0.25) is 9.69 Å². The molecule has 1 aliphatic heterocycles. The lowest BCUT2D eigenvalue weighted by atomic mass is 10.1. The lowest BCUT2D eigenvalue weighted by molar-refractivity contribution is 0.0963. The second-order valence-corrected chi connectivity index (χ2v) is 9.35. The summed E-state index contributed by atoms with van der Waals surface area (Å²) in [6.07, 6.45) is 1.61. The molecule has 0 bridgehead atoms. The molecule has 0 aromatic heterocycles. The van der Waals surface area contributed by atoms with E-state index in [-0.39, 0.29) is 5.78 Å². The summed E-state index contributed by atoms with van der Waals surface area (Å²) < 4.78 is 24.5. The summed E-state index contributed by atoms with van der Waals surface area (Å²) in [7, 11) is -3.11. The van der Waals surface area contributed by atoms with Gasteiger partial charge in [-0.05, 0) is 12.1 Å². The fourth-order valence-corrected chi connectivity index (χ4v) is 5.69. The third-order valence-corrected chi connectivity index (χ3v) is 6.64. The van der Waals surface area contributed by atoms with Crippen LogP contribution in [0.5, 0.6) is 0 Å². The Morgan fingerprint density at radius 2 is 2.24 bits per heavy atom. The standard InChI is InChI=1S/C14H18BrNO3S2/c1-21(18,19)14-10-20-8-7-16(14)6-5-13(17)11-3-2-4-12(15)9-11/h2-4,9,14H,5-8,10H2,1H3. The van der Waals surface area contributed by atoms with Gasteiger partial charge in [0, 0.05) is 47.3 Å². The molecule has 116 valence electrons. The molecule has 0 amide bonds. The normalized spacial score (nSPS) is 20.4. The van der Waals surface area contributed by atoms with Gasteiger partial charge < -0.3 is 0 Å². The fraction of sp³-hybridized carbons (Fsp3) is 0.500. The first-order chi connectivity index (χ1) is 9.88. The SMILES string of the molecule is CS(=O)(=O)C1CSCCN1CCC(=O)c1cccc(Br)c1. The highest BCUT2D eigenvalue weighted by Crippen LogP contribution is 2.21. The van der Waals surface area contributed by atoms with Crippen LogP contribution in [0.25, 0.3) is 0 Å². The molecule has 0 aliphatic carbocycles. The Labute approximate surface area is 138 Å². The molecule has 0 N–H and O–H groups in total. The van der Waals surface area contributed by atoms with Crippen LogP contribution in [-0.2, 0) is 9.84 Å². The zero-order valence-corrected chi connectivity index (χ0v) is 15.0. The van der Waals surface area contributed by atoms with E-state index in [2.05, 4.69) is 15.9 Å². The summed E-state index contributed by atoms with van der Waals surface area (Å²) >= 11 is 5.00. The third kappa shape index (κ3) is 4.81. The largest absolute Gasteiger partial charge is 0.294 e. The summed E-state index contributed by atoms with van der Waals surface area (Å²) in [5.74, 6) is 1.54. The molecule has 1 heterocycles. The van der Waals surface area contributed by atoms with Crippen LogP contribution < -0.4 is 0 Å². The van der Waals surface area contributed by atoms with Crippen LogP contribution in [0.1, 0.15) is 16.8 Å². The minimum absolute atomic E-state index is 0.0433. The predicted octanol–water partition coefficient (Wildman–Crippen LogP) is 2.44. The number of carbonyl (C=O) groups is 1. The average Bonchev–Trinajstić information content (AvgIpc) is 2.44. The van der Waals surface area contributed by atoms with Gasteiger partial charge in [0.15, 0.2) is 15.6 Å². The van der Waals surface area contributed by atoms with Gasteiger partial charge in [0.05, 0.1) is 0 Å². The van der Waals surface area contributed by atoms with Crippen molar-refractivity contribution in [2.24, 2.45) is 0 Å². The minimum atomic E-state index is -3.11. The molecule has 1 atom stereocenters. The van der Waals surface area contributed by atoms with Crippen molar-refractivity contribution in [3.05, 3.63) is 34.3 Å². The topological polar surface area (TPSA) is 54.5 Å². The first-order valence-corrected chi connectivity index (χ1v) is 10.6. The highest BCUT2D eigenvalue weighted by Gasteiger charge is 2.30. The van der Waals surface area contributed by atoms with Crippen LogP contribution in [0.3, 0.4) is 0 Å². The third-order valence-electron chi connectivity index (χ3n) is 3.46. The summed E-state index contributed by atoms with van der Waals surface area (Å²) in [6.45, 7) is 1.21. The van der Waals surface area contributed by atoms with Gasteiger partial charge in [-0.25, -0.2) is 8.42 Å². The average molecular weight is 392 g/mol. The number of ketones is 1. The molecule has 7 heteroatoms. The highest BCUT2D eigenvalue weighted by molar-refractivity contribution is 9.10. The molecule has 4 nitrogen and oxygen atoms in total. The number of nitrogens with zero attached hydrogens (tertiary/aromatic N) is 1. The molecule has 1 unspecified atom stereocenters. The van der Waals surface area contributed by atoms with Gasteiger partial charge >= 0.3 is 0 Å². The number of carbonyl (C=O) groups excluding carboxylic acids is 1. The van der Waals surface area contributed by atoms with Gasteiger partial charge in [-0.1, -0.05) is 28.1 Å². The van der Waals surface area contributed by atoms with E-state index in [1.165, 1.54) is 6.26 Å². The zero-order valence-electron chi connectivity index (χ0n) is 11.8. The molecule has 0 spiro atoms. The number of Topliss-reactive ketones (excluding diaryl/α,β-unsaturated/α-hetero) is 1. The minimum Gasteiger partial charge on any atom is -0.294 e. The van der Waals surface area contributed by atoms with E-state index in [1.54, 1.807) is 23.9 Å². The Balaban J connectivity index is 1.99. The van der Waals surface area contributed by atoms with E-state index in [0.29, 0.717) is 30.8 Å². The van der Waals surface area contributed by atoms with Gasteiger partial charge in [0.1, 0.15) is 5.37 Å². The summed E-state index contributed by atoms with van der Waals surface area (Å²) in [5.41, 5.74) is 0.659.